The highest BCUT2D eigenvalue weighted by Crippen LogP contribution is 2.19. The van der Waals surface area contributed by atoms with Crippen molar-refractivity contribution in [2.75, 3.05) is 11.1 Å². The van der Waals surface area contributed by atoms with E-state index in [-0.39, 0.29) is 24.1 Å². The minimum atomic E-state index is -0.413. The highest BCUT2D eigenvalue weighted by atomic mass is 35.5. The third kappa shape index (κ3) is 6.40. The highest BCUT2D eigenvalue weighted by molar-refractivity contribution is 7.99. The summed E-state index contributed by atoms with van der Waals surface area (Å²) < 4.78 is 14.8. The lowest BCUT2D eigenvalue weighted by molar-refractivity contribution is -0.113. The third-order valence-corrected chi connectivity index (χ3v) is 5.30. The molecular formula is C21H19ClFN5O2S. The molecule has 0 fully saturated rings. The van der Waals surface area contributed by atoms with Gasteiger partial charge in [-0.1, -0.05) is 29.4 Å². The molecule has 2 aromatic carbocycles. The van der Waals surface area contributed by atoms with Gasteiger partial charge in [0.15, 0.2) is 11.0 Å². The monoisotopic (exact) mass is 459 g/mol. The largest absolute Gasteiger partial charge is 0.345 e. The molecule has 160 valence electrons. The Kier molecular flexibility index (Phi) is 7.80. The first-order valence-electron chi connectivity index (χ1n) is 9.21. The molecule has 0 aliphatic carbocycles. The predicted molar refractivity (Wildman–Crippen MR) is 119 cm³/mol. The van der Waals surface area contributed by atoms with E-state index in [2.05, 4.69) is 27.4 Å². The van der Waals surface area contributed by atoms with E-state index >= 15 is 0 Å². The van der Waals surface area contributed by atoms with Crippen molar-refractivity contribution in [1.29, 1.82) is 0 Å². The Morgan fingerprint density at radius 1 is 1.13 bits per heavy atom. The van der Waals surface area contributed by atoms with Crippen molar-refractivity contribution in [3.05, 3.63) is 83.4 Å². The number of carbonyl (C=O) groups excluding carboxylic acids is 2. The molecule has 10 heteroatoms. The number of thioether (sulfide) groups is 1. The summed E-state index contributed by atoms with van der Waals surface area (Å²) in [7, 11) is 0. The van der Waals surface area contributed by atoms with Gasteiger partial charge >= 0.3 is 0 Å². The van der Waals surface area contributed by atoms with E-state index in [0.717, 1.165) is 0 Å². The van der Waals surface area contributed by atoms with Gasteiger partial charge in [-0.3, -0.25) is 9.59 Å². The van der Waals surface area contributed by atoms with Crippen LogP contribution in [0, 0.1) is 5.82 Å². The Morgan fingerprint density at radius 2 is 1.84 bits per heavy atom. The number of carbonyl (C=O) groups is 2. The Labute approximate surface area is 187 Å². The van der Waals surface area contributed by atoms with Crippen LogP contribution in [-0.4, -0.2) is 32.3 Å². The third-order valence-electron chi connectivity index (χ3n) is 4.08. The molecular weight excluding hydrogens is 441 g/mol. The lowest BCUT2D eigenvalue weighted by Gasteiger charge is -2.09. The number of allylic oxidation sites excluding steroid dienone is 1. The van der Waals surface area contributed by atoms with Crippen LogP contribution in [0.1, 0.15) is 16.2 Å². The van der Waals surface area contributed by atoms with Crippen molar-refractivity contribution in [2.24, 2.45) is 0 Å². The molecule has 2 amide bonds. The first kappa shape index (κ1) is 22.5. The Morgan fingerprint density at radius 3 is 2.52 bits per heavy atom. The van der Waals surface area contributed by atoms with E-state index in [1.165, 1.54) is 36.0 Å². The zero-order chi connectivity index (χ0) is 22.2. The summed E-state index contributed by atoms with van der Waals surface area (Å²) in [6, 6.07) is 12.1. The van der Waals surface area contributed by atoms with E-state index in [1.807, 2.05) is 0 Å². The minimum Gasteiger partial charge on any atom is -0.345 e. The van der Waals surface area contributed by atoms with Crippen LogP contribution in [0.3, 0.4) is 0 Å². The van der Waals surface area contributed by atoms with E-state index in [0.29, 0.717) is 33.8 Å². The van der Waals surface area contributed by atoms with Crippen LogP contribution in [0.15, 0.2) is 66.3 Å². The van der Waals surface area contributed by atoms with Crippen molar-refractivity contribution in [3.63, 3.8) is 0 Å². The lowest BCUT2D eigenvalue weighted by Crippen LogP contribution is -2.25. The van der Waals surface area contributed by atoms with Gasteiger partial charge in [0.2, 0.25) is 5.91 Å². The lowest BCUT2D eigenvalue weighted by atomic mass is 10.2. The molecule has 1 heterocycles. The molecule has 3 aromatic rings. The standard InChI is InChI=1S/C21H19ClFN5O2S/c1-2-11-28-18(12-24-20(30)14-3-7-16(23)8-4-14)26-27-21(28)31-13-19(29)25-17-9-5-15(22)6-10-17/h2-10H,1,11-13H2,(H,24,30)(H,25,29). The van der Waals surface area contributed by atoms with Gasteiger partial charge in [-0.05, 0) is 48.5 Å². The van der Waals surface area contributed by atoms with Gasteiger partial charge < -0.3 is 15.2 Å². The number of hydrogen-bond acceptors (Lipinski definition) is 5. The topological polar surface area (TPSA) is 88.9 Å². The average molecular weight is 460 g/mol. The van der Waals surface area contributed by atoms with Gasteiger partial charge in [0.1, 0.15) is 5.82 Å². The molecule has 0 aliphatic rings. The zero-order valence-electron chi connectivity index (χ0n) is 16.3. The van der Waals surface area contributed by atoms with Gasteiger partial charge in [0, 0.05) is 22.8 Å². The van der Waals surface area contributed by atoms with Crippen LogP contribution >= 0.6 is 23.4 Å². The number of hydrogen-bond donors (Lipinski definition) is 2. The fourth-order valence-corrected chi connectivity index (χ4v) is 3.48. The number of benzene rings is 2. The smallest absolute Gasteiger partial charge is 0.251 e. The van der Waals surface area contributed by atoms with Crippen molar-refractivity contribution in [3.8, 4) is 0 Å². The summed E-state index contributed by atoms with van der Waals surface area (Å²) in [5, 5.41) is 14.8. The highest BCUT2D eigenvalue weighted by Gasteiger charge is 2.15. The molecule has 1 aromatic heterocycles. The number of nitrogens with one attached hydrogen (secondary N) is 2. The molecule has 3 rings (SSSR count). The maximum absolute atomic E-state index is 13.0. The van der Waals surface area contributed by atoms with Gasteiger partial charge in [0.05, 0.1) is 12.3 Å². The van der Waals surface area contributed by atoms with Crippen molar-refractivity contribution < 1.29 is 14.0 Å². The number of nitrogens with zero attached hydrogens (tertiary/aromatic N) is 3. The number of halogens is 2. The predicted octanol–water partition coefficient (Wildman–Crippen LogP) is 3.92. The van der Waals surface area contributed by atoms with Crippen LogP contribution in [0.25, 0.3) is 0 Å². The molecule has 0 saturated carbocycles. The molecule has 0 aliphatic heterocycles. The van der Waals surface area contributed by atoms with Gasteiger partial charge in [-0.15, -0.1) is 16.8 Å². The fraction of sp³-hybridized carbons (Fsp3) is 0.143. The van der Waals surface area contributed by atoms with E-state index in [1.54, 1.807) is 34.9 Å². The Bertz CT molecular complexity index is 1070. The first-order valence-corrected chi connectivity index (χ1v) is 10.6. The summed E-state index contributed by atoms with van der Waals surface area (Å²) >= 11 is 7.06. The molecule has 0 unspecified atom stereocenters. The molecule has 0 saturated heterocycles. The average Bonchev–Trinajstić information content (AvgIpc) is 3.14. The number of aromatic nitrogens is 3. The molecule has 0 bridgehead atoms. The van der Waals surface area contributed by atoms with Crippen LogP contribution in [0.4, 0.5) is 10.1 Å². The first-order chi connectivity index (χ1) is 15.0. The summed E-state index contributed by atoms with van der Waals surface area (Å²) in [4.78, 5) is 24.5. The van der Waals surface area contributed by atoms with Gasteiger partial charge in [-0.2, -0.15) is 0 Å². The van der Waals surface area contributed by atoms with Crippen molar-refractivity contribution >= 4 is 40.9 Å². The van der Waals surface area contributed by atoms with E-state index in [4.69, 9.17) is 11.6 Å². The normalized spacial score (nSPS) is 10.5. The van der Waals surface area contributed by atoms with Crippen molar-refractivity contribution in [2.45, 2.75) is 18.2 Å². The number of anilines is 1. The number of amides is 2. The second kappa shape index (κ2) is 10.7. The second-order valence-corrected chi connectivity index (χ2v) is 7.71. The van der Waals surface area contributed by atoms with Gasteiger partial charge in [-0.25, -0.2) is 4.39 Å². The maximum atomic E-state index is 13.0. The van der Waals surface area contributed by atoms with Crippen LogP contribution in [-0.2, 0) is 17.9 Å². The molecule has 0 spiro atoms. The van der Waals surface area contributed by atoms with Crippen LogP contribution in [0.5, 0.6) is 0 Å². The molecule has 31 heavy (non-hydrogen) atoms. The molecule has 2 N–H and O–H groups in total. The summed E-state index contributed by atoms with van der Waals surface area (Å²) in [5.41, 5.74) is 0.983. The second-order valence-electron chi connectivity index (χ2n) is 6.33. The summed E-state index contributed by atoms with van der Waals surface area (Å²) in [6.07, 6.45) is 1.67. The zero-order valence-corrected chi connectivity index (χ0v) is 17.9. The molecule has 7 nitrogen and oxygen atoms in total. The summed E-state index contributed by atoms with van der Waals surface area (Å²) in [5.74, 6) is -0.337. The van der Waals surface area contributed by atoms with Crippen LogP contribution < -0.4 is 10.6 Å². The SMILES string of the molecule is C=CCn1c(CNC(=O)c2ccc(F)cc2)nnc1SCC(=O)Nc1ccc(Cl)cc1. The molecule has 0 radical (unpaired) electrons. The maximum Gasteiger partial charge on any atom is 0.251 e. The quantitative estimate of drug-likeness (QED) is 0.374. The molecule has 0 atom stereocenters. The fourth-order valence-electron chi connectivity index (χ4n) is 2.59. The Hall–Kier alpha value is -3.17. The Balaban J connectivity index is 1.59. The summed E-state index contributed by atoms with van der Waals surface area (Å²) in [6.45, 7) is 4.26. The van der Waals surface area contributed by atoms with Gasteiger partial charge in [0.25, 0.3) is 5.91 Å². The number of rotatable bonds is 9. The van der Waals surface area contributed by atoms with E-state index in [9.17, 15) is 14.0 Å². The van der Waals surface area contributed by atoms with E-state index < -0.39 is 5.82 Å². The van der Waals surface area contributed by atoms with Crippen molar-refractivity contribution in [1.82, 2.24) is 20.1 Å². The minimum absolute atomic E-state index is 0.120. The van der Waals surface area contributed by atoms with Crippen LogP contribution in [0.2, 0.25) is 5.02 Å².